The molecule has 2 aliphatic carbocycles. The fraction of sp³-hybridized carbons (Fsp3) is 0.500. The summed E-state index contributed by atoms with van der Waals surface area (Å²) in [6.07, 6.45) is 5.21. The molecule has 5 rings (SSSR count). The summed E-state index contributed by atoms with van der Waals surface area (Å²) in [5.74, 6) is 2.50. The molecule has 22 heavy (non-hydrogen) atoms. The van der Waals surface area contributed by atoms with Gasteiger partial charge in [0.05, 0.1) is 17.0 Å². The van der Waals surface area contributed by atoms with Gasteiger partial charge in [0, 0.05) is 25.6 Å². The third-order valence-corrected chi connectivity index (χ3v) is 5.73. The average molecular weight is 297 g/mol. The van der Waals surface area contributed by atoms with Gasteiger partial charge in [-0.1, -0.05) is 12.1 Å². The number of aromatic nitrogens is 2. The molecule has 1 aliphatic heterocycles. The highest BCUT2D eigenvalue weighted by Crippen LogP contribution is 2.53. The van der Waals surface area contributed by atoms with Gasteiger partial charge in [-0.3, -0.25) is 4.90 Å². The fourth-order valence-corrected chi connectivity index (χ4v) is 4.39. The Labute approximate surface area is 129 Å². The van der Waals surface area contributed by atoms with E-state index >= 15 is 0 Å². The number of nitrogens with zero attached hydrogens (tertiary/aromatic N) is 2. The second-order valence-electron chi connectivity index (χ2n) is 7.09. The van der Waals surface area contributed by atoms with Crippen LogP contribution in [0.3, 0.4) is 0 Å². The fourth-order valence-electron chi connectivity index (χ4n) is 4.39. The second-order valence-corrected chi connectivity index (χ2v) is 7.09. The highest BCUT2D eigenvalue weighted by molar-refractivity contribution is 5.56. The van der Waals surface area contributed by atoms with Crippen LogP contribution in [0.25, 0.3) is 11.4 Å². The van der Waals surface area contributed by atoms with Crippen LogP contribution >= 0.6 is 0 Å². The van der Waals surface area contributed by atoms with Gasteiger partial charge < -0.3 is 4.98 Å². The van der Waals surface area contributed by atoms with Crippen molar-refractivity contribution >= 4 is 0 Å². The lowest BCUT2D eigenvalue weighted by Gasteiger charge is -2.32. The highest BCUT2D eigenvalue weighted by atomic mass is 19.1. The van der Waals surface area contributed by atoms with Crippen LogP contribution in [0.2, 0.25) is 0 Å². The van der Waals surface area contributed by atoms with Gasteiger partial charge in [-0.2, -0.15) is 0 Å². The number of hydrogen-bond acceptors (Lipinski definition) is 2. The predicted octanol–water partition coefficient (Wildman–Crippen LogP) is 3.37. The molecule has 0 amide bonds. The lowest BCUT2D eigenvalue weighted by Crippen LogP contribution is -2.38. The standard InChI is InChI=1S/C18H20FN3/c19-15-4-2-1-3-14(15)18-20-16-5-6-22(10-17(16)21-18)13-8-11-7-12(11)9-13/h1-4,11-13H,5-10H2,(H,20,21). The van der Waals surface area contributed by atoms with Crippen LogP contribution in [0, 0.1) is 17.7 Å². The smallest absolute Gasteiger partial charge is 0.140 e. The van der Waals surface area contributed by atoms with Gasteiger partial charge in [0.2, 0.25) is 0 Å². The molecule has 2 unspecified atom stereocenters. The van der Waals surface area contributed by atoms with Crippen LogP contribution in [0.5, 0.6) is 0 Å². The Balaban J connectivity index is 1.40. The van der Waals surface area contributed by atoms with Crippen LogP contribution in [0.15, 0.2) is 24.3 Å². The van der Waals surface area contributed by atoms with Crippen LogP contribution in [0.4, 0.5) is 4.39 Å². The van der Waals surface area contributed by atoms with Crippen molar-refractivity contribution in [2.45, 2.75) is 38.3 Å². The number of H-pyrrole nitrogens is 1. The number of halogens is 1. The minimum absolute atomic E-state index is 0.207. The van der Waals surface area contributed by atoms with Gasteiger partial charge in [-0.25, -0.2) is 9.37 Å². The minimum atomic E-state index is -0.207. The molecule has 1 aromatic heterocycles. The molecular weight excluding hydrogens is 277 g/mol. The average Bonchev–Trinajstić information content (AvgIpc) is 2.97. The first kappa shape index (κ1) is 12.8. The molecule has 114 valence electrons. The van der Waals surface area contributed by atoms with Crippen molar-refractivity contribution in [3.8, 4) is 11.4 Å². The topological polar surface area (TPSA) is 31.9 Å². The molecule has 4 heteroatoms. The van der Waals surface area contributed by atoms with E-state index in [1.54, 1.807) is 12.1 Å². The summed E-state index contributed by atoms with van der Waals surface area (Å²) < 4.78 is 13.9. The van der Waals surface area contributed by atoms with Crippen molar-refractivity contribution < 1.29 is 4.39 Å². The summed E-state index contributed by atoms with van der Waals surface area (Å²) in [4.78, 5) is 10.6. The maximum absolute atomic E-state index is 13.9. The molecular formula is C18H20FN3. The van der Waals surface area contributed by atoms with Crippen LogP contribution < -0.4 is 0 Å². The van der Waals surface area contributed by atoms with Gasteiger partial charge >= 0.3 is 0 Å². The zero-order valence-electron chi connectivity index (χ0n) is 12.6. The van der Waals surface area contributed by atoms with Gasteiger partial charge in [-0.05, 0) is 43.2 Å². The Morgan fingerprint density at radius 2 is 1.95 bits per heavy atom. The molecule has 0 spiro atoms. The number of benzene rings is 1. The van der Waals surface area contributed by atoms with Crippen LogP contribution in [0.1, 0.15) is 30.7 Å². The van der Waals surface area contributed by atoms with Crippen molar-refractivity contribution in [3.63, 3.8) is 0 Å². The minimum Gasteiger partial charge on any atom is -0.340 e. The summed E-state index contributed by atoms with van der Waals surface area (Å²) in [5.41, 5.74) is 2.88. The molecule has 2 fully saturated rings. The van der Waals surface area contributed by atoms with Crippen molar-refractivity contribution in [3.05, 3.63) is 41.5 Å². The first-order valence-electron chi connectivity index (χ1n) is 8.34. The summed E-state index contributed by atoms with van der Waals surface area (Å²) >= 11 is 0. The number of nitrogens with one attached hydrogen (secondary N) is 1. The van der Waals surface area contributed by atoms with E-state index in [2.05, 4.69) is 14.9 Å². The molecule has 0 bridgehead atoms. The van der Waals surface area contributed by atoms with Crippen LogP contribution in [-0.2, 0) is 13.0 Å². The number of rotatable bonds is 2. The van der Waals surface area contributed by atoms with E-state index in [4.69, 9.17) is 0 Å². The summed E-state index contributed by atoms with van der Waals surface area (Å²) in [6, 6.07) is 7.62. The zero-order chi connectivity index (χ0) is 14.7. The Morgan fingerprint density at radius 3 is 2.77 bits per heavy atom. The van der Waals surface area contributed by atoms with E-state index < -0.39 is 0 Å². The SMILES string of the molecule is Fc1ccccc1-c1nc2c([nH]1)CN(C1CC3CC3C1)CC2. The maximum atomic E-state index is 13.9. The molecule has 0 saturated heterocycles. The lowest BCUT2D eigenvalue weighted by atomic mass is 10.1. The lowest BCUT2D eigenvalue weighted by molar-refractivity contribution is 0.167. The van der Waals surface area contributed by atoms with E-state index in [1.165, 1.54) is 31.0 Å². The number of aromatic amines is 1. The maximum Gasteiger partial charge on any atom is 0.140 e. The first-order chi connectivity index (χ1) is 10.8. The van der Waals surface area contributed by atoms with E-state index in [1.807, 2.05) is 6.07 Å². The van der Waals surface area contributed by atoms with Crippen molar-refractivity contribution in [1.29, 1.82) is 0 Å². The molecule has 1 N–H and O–H groups in total. The van der Waals surface area contributed by atoms with Crippen molar-refractivity contribution in [1.82, 2.24) is 14.9 Å². The summed E-state index contributed by atoms with van der Waals surface area (Å²) in [5, 5.41) is 0. The first-order valence-corrected chi connectivity index (χ1v) is 8.34. The normalized spacial score (nSPS) is 30.1. The van der Waals surface area contributed by atoms with Gasteiger partial charge in [0.15, 0.2) is 0 Å². The highest BCUT2D eigenvalue weighted by Gasteiger charge is 2.47. The summed E-state index contributed by atoms with van der Waals surface area (Å²) in [6.45, 7) is 2.04. The van der Waals surface area contributed by atoms with E-state index in [-0.39, 0.29) is 5.82 Å². The molecule has 2 atom stereocenters. The quantitative estimate of drug-likeness (QED) is 0.921. The van der Waals surface area contributed by atoms with E-state index in [0.29, 0.717) is 11.4 Å². The third-order valence-electron chi connectivity index (χ3n) is 5.73. The molecule has 3 aliphatic rings. The zero-order valence-corrected chi connectivity index (χ0v) is 12.6. The second kappa shape index (κ2) is 4.66. The third kappa shape index (κ3) is 2.01. The largest absolute Gasteiger partial charge is 0.340 e. The Morgan fingerprint density at radius 1 is 1.14 bits per heavy atom. The molecule has 2 saturated carbocycles. The van der Waals surface area contributed by atoms with Crippen LogP contribution in [-0.4, -0.2) is 27.5 Å². The van der Waals surface area contributed by atoms with Gasteiger partial charge in [0.1, 0.15) is 11.6 Å². The molecule has 1 aromatic carbocycles. The Bertz CT molecular complexity index is 713. The number of fused-ring (bicyclic) bond motifs is 2. The van der Waals surface area contributed by atoms with Gasteiger partial charge in [0.25, 0.3) is 0 Å². The van der Waals surface area contributed by atoms with Crippen molar-refractivity contribution in [2.24, 2.45) is 11.8 Å². The predicted molar refractivity (Wildman–Crippen MR) is 82.7 cm³/mol. The Hall–Kier alpha value is -1.68. The number of hydrogen-bond donors (Lipinski definition) is 1. The summed E-state index contributed by atoms with van der Waals surface area (Å²) in [7, 11) is 0. The Kier molecular flexibility index (Phi) is 2.71. The number of imidazole rings is 1. The van der Waals surface area contributed by atoms with E-state index in [9.17, 15) is 4.39 Å². The molecule has 0 radical (unpaired) electrons. The monoisotopic (exact) mass is 297 g/mol. The molecule has 2 aromatic rings. The molecule has 3 nitrogen and oxygen atoms in total. The van der Waals surface area contributed by atoms with Crippen molar-refractivity contribution in [2.75, 3.05) is 6.54 Å². The van der Waals surface area contributed by atoms with E-state index in [0.717, 1.165) is 43.1 Å². The molecule has 2 heterocycles. The van der Waals surface area contributed by atoms with Gasteiger partial charge in [-0.15, -0.1) is 0 Å².